The van der Waals surface area contributed by atoms with E-state index in [1.54, 1.807) is 6.20 Å². The Bertz CT molecular complexity index is 767. The number of aromatic nitrogens is 3. The van der Waals surface area contributed by atoms with Crippen molar-refractivity contribution in [2.24, 2.45) is 0 Å². The van der Waals surface area contributed by atoms with Crippen molar-refractivity contribution in [3.8, 4) is 0 Å². The quantitative estimate of drug-likeness (QED) is 0.900. The van der Waals surface area contributed by atoms with Crippen LogP contribution in [0.25, 0.3) is 0 Å². The predicted octanol–water partition coefficient (Wildman–Crippen LogP) is 3.50. The van der Waals surface area contributed by atoms with E-state index in [1.165, 1.54) is 10.4 Å². The van der Waals surface area contributed by atoms with E-state index in [1.807, 2.05) is 23.1 Å². The Morgan fingerprint density at radius 2 is 1.89 bits per heavy atom. The van der Waals surface area contributed by atoms with Crippen molar-refractivity contribution in [2.75, 3.05) is 6.54 Å². The van der Waals surface area contributed by atoms with E-state index in [9.17, 15) is 9.90 Å². The molecule has 6 nitrogen and oxygen atoms in total. The van der Waals surface area contributed by atoms with E-state index in [-0.39, 0.29) is 12.1 Å². The summed E-state index contributed by atoms with van der Waals surface area (Å²) < 4.78 is 0. The van der Waals surface area contributed by atoms with Crippen LogP contribution >= 0.6 is 0 Å². The minimum Gasteiger partial charge on any atom is -0.383 e. The molecule has 0 spiro atoms. The summed E-state index contributed by atoms with van der Waals surface area (Å²) >= 11 is 0. The average Bonchev–Trinajstić information content (AvgIpc) is 3.21. The molecule has 1 aliphatic carbocycles. The highest BCUT2D eigenvalue weighted by atomic mass is 16.3. The Hall–Kier alpha value is -2.21. The number of hydrogen-bond acceptors (Lipinski definition) is 4. The second-order valence-corrected chi connectivity index (χ2v) is 7.93. The summed E-state index contributed by atoms with van der Waals surface area (Å²) in [5.41, 5.74) is 0.849. The lowest BCUT2D eigenvalue weighted by atomic mass is 9.83. The number of benzene rings is 1. The van der Waals surface area contributed by atoms with Crippen LogP contribution in [-0.2, 0) is 12.0 Å². The Labute approximate surface area is 160 Å². The summed E-state index contributed by atoms with van der Waals surface area (Å²) in [7, 11) is 0. The molecular formula is C21H28N4O2. The molecule has 1 atom stereocenters. The highest BCUT2D eigenvalue weighted by molar-refractivity contribution is 5.75. The van der Waals surface area contributed by atoms with E-state index in [0.717, 1.165) is 51.5 Å². The third-order valence-corrected chi connectivity index (χ3v) is 6.01. The first-order chi connectivity index (χ1) is 13.2. The van der Waals surface area contributed by atoms with Gasteiger partial charge in [0, 0.05) is 12.6 Å². The van der Waals surface area contributed by atoms with Crippen LogP contribution in [0.1, 0.15) is 62.6 Å². The summed E-state index contributed by atoms with van der Waals surface area (Å²) in [6.45, 7) is 0.734. The van der Waals surface area contributed by atoms with E-state index < -0.39 is 5.60 Å². The summed E-state index contributed by atoms with van der Waals surface area (Å²) in [6, 6.07) is 10.3. The molecule has 1 unspecified atom stereocenters. The first-order valence-corrected chi connectivity index (χ1v) is 10.2. The van der Waals surface area contributed by atoms with Gasteiger partial charge in [-0.1, -0.05) is 54.4 Å². The van der Waals surface area contributed by atoms with Gasteiger partial charge in [0.2, 0.25) is 0 Å². The van der Waals surface area contributed by atoms with E-state index in [2.05, 4.69) is 22.3 Å². The first kappa shape index (κ1) is 18.2. The number of rotatable bonds is 3. The highest BCUT2D eigenvalue weighted by Gasteiger charge is 2.35. The van der Waals surface area contributed by atoms with Gasteiger partial charge in [0.25, 0.3) is 0 Å². The molecule has 4 rings (SSSR count). The number of carbonyl (C=O) groups excluding carboxylic acids is 1. The molecule has 2 heterocycles. The molecule has 27 heavy (non-hydrogen) atoms. The molecule has 1 N–H and O–H groups in total. The zero-order valence-corrected chi connectivity index (χ0v) is 15.8. The smallest absolute Gasteiger partial charge is 0.362 e. The Kier molecular flexibility index (Phi) is 5.25. The number of carbonyl (C=O) groups is 1. The fourth-order valence-corrected chi connectivity index (χ4v) is 4.43. The molecule has 1 aromatic heterocycles. The van der Waals surface area contributed by atoms with Gasteiger partial charge in [-0.25, -0.2) is 4.79 Å². The summed E-state index contributed by atoms with van der Waals surface area (Å²) in [4.78, 5) is 16.2. The Morgan fingerprint density at radius 3 is 2.67 bits per heavy atom. The Balaban J connectivity index is 1.50. The molecule has 1 aromatic carbocycles. The maximum atomic E-state index is 13.1. The molecule has 2 aliphatic rings. The van der Waals surface area contributed by atoms with Crippen molar-refractivity contribution < 1.29 is 9.90 Å². The molecule has 6 heteroatoms. The summed E-state index contributed by atoms with van der Waals surface area (Å²) in [5, 5.41) is 19.4. The van der Waals surface area contributed by atoms with Gasteiger partial charge in [-0.05, 0) is 44.1 Å². The van der Waals surface area contributed by atoms with Crippen LogP contribution in [0.15, 0.2) is 36.5 Å². The van der Waals surface area contributed by atoms with E-state index >= 15 is 0 Å². The topological polar surface area (TPSA) is 71.2 Å². The van der Waals surface area contributed by atoms with Crippen LogP contribution in [0.4, 0.5) is 4.79 Å². The third kappa shape index (κ3) is 3.90. The molecule has 0 bridgehead atoms. The first-order valence-electron chi connectivity index (χ1n) is 10.2. The lowest BCUT2D eigenvalue weighted by Crippen LogP contribution is -2.47. The molecule has 2 aromatic rings. The average molecular weight is 368 g/mol. The normalized spacial score (nSPS) is 22.6. The van der Waals surface area contributed by atoms with Crippen molar-refractivity contribution in [2.45, 2.75) is 69.4 Å². The lowest BCUT2D eigenvalue weighted by Gasteiger charge is -2.35. The second-order valence-electron chi connectivity index (χ2n) is 7.93. The molecule has 2 fully saturated rings. The molecule has 1 saturated carbocycles. The van der Waals surface area contributed by atoms with Crippen LogP contribution in [0.3, 0.4) is 0 Å². The van der Waals surface area contributed by atoms with Crippen LogP contribution < -0.4 is 0 Å². The fourth-order valence-electron chi connectivity index (χ4n) is 4.43. The summed E-state index contributed by atoms with van der Waals surface area (Å²) in [6.07, 6.45) is 10.1. The molecular weight excluding hydrogens is 340 g/mol. The standard InChI is InChI=1S/C21H28N4O2/c26-20(25-22-16-19(23-25)21(27)12-6-2-7-13-21)24-14-8-5-11-18(24)15-17-9-3-1-4-10-17/h1,3-4,9-10,16,18,27H,2,5-8,11-15H2. The highest BCUT2D eigenvalue weighted by Crippen LogP contribution is 2.35. The Morgan fingerprint density at radius 1 is 1.11 bits per heavy atom. The van der Waals surface area contributed by atoms with Gasteiger partial charge in [-0.3, -0.25) is 0 Å². The zero-order valence-electron chi connectivity index (χ0n) is 15.8. The molecule has 1 aliphatic heterocycles. The fraction of sp³-hybridized carbons (Fsp3) is 0.571. The van der Waals surface area contributed by atoms with Gasteiger partial charge in [-0.2, -0.15) is 5.10 Å². The minimum absolute atomic E-state index is 0.167. The predicted molar refractivity (Wildman–Crippen MR) is 102 cm³/mol. The zero-order chi connectivity index (χ0) is 18.7. The molecule has 1 saturated heterocycles. The SMILES string of the molecule is O=C(N1CCCCC1Cc1ccccc1)n1ncc(C2(O)CCCCC2)n1. The van der Waals surface area contributed by atoms with Gasteiger partial charge in [-0.15, -0.1) is 5.10 Å². The van der Waals surface area contributed by atoms with Crippen molar-refractivity contribution in [1.29, 1.82) is 0 Å². The number of amides is 1. The molecule has 1 amide bonds. The number of likely N-dealkylation sites (tertiary alicyclic amines) is 1. The van der Waals surface area contributed by atoms with Gasteiger partial charge in [0.1, 0.15) is 11.3 Å². The lowest BCUT2D eigenvalue weighted by molar-refractivity contribution is -0.00503. The number of hydrogen-bond donors (Lipinski definition) is 1. The van der Waals surface area contributed by atoms with E-state index in [4.69, 9.17) is 0 Å². The van der Waals surface area contributed by atoms with Crippen molar-refractivity contribution in [1.82, 2.24) is 19.9 Å². The van der Waals surface area contributed by atoms with Crippen molar-refractivity contribution in [3.63, 3.8) is 0 Å². The minimum atomic E-state index is -0.928. The maximum Gasteiger partial charge on any atom is 0.362 e. The monoisotopic (exact) mass is 368 g/mol. The van der Waals surface area contributed by atoms with Crippen LogP contribution in [0, 0.1) is 0 Å². The largest absolute Gasteiger partial charge is 0.383 e. The maximum absolute atomic E-state index is 13.1. The number of aliphatic hydroxyl groups is 1. The molecule has 144 valence electrons. The van der Waals surface area contributed by atoms with Crippen molar-refractivity contribution >= 4 is 6.03 Å². The molecule has 0 radical (unpaired) electrons. The van der Waals surface area contributed by atoms with Gasteiger partial charge < -0.3 is 10.0 Å². The van der Waals surface area contributed by atoms with Crippen LogP contribution in [0.5, 0.6) is 0 Å². The third-order valence-electron chi connectivity index (χ3n) is 6.01. The van der Waals surface area contributed by atoms with Gasteiger partial charge in [0.05, 0.1) is 6.20 Å². The van der Waals surface area contributed by atoms with Gasteiger partial charge >= 0.3 is 6.03 Å². The van der Waals surface area contributed by atoms with E-state index in [0.29, 0.717) is 18.5 Å². The van der Waals surface area contributed by atoms with Gasteiger partial charge in [0.15, 0.2) is 0 Å². The number of piperidine rings is 1. The summed E-state index contributed by atoms with van der Waals surface area (Å²) in [5.74, 6) is 0. The van der Waals surface area contributed by atoms with Crippen LogP contribution in [0.2, 0.25) is 0 Å². The number of nitrogens with zero attached hydrogens (tertiary/aromatic N) is 4. The second kappa shape index (κ2) is 7.80. The van der Waals surface area contributed by atoms with Crippen molar-refractivity contribution in [3.05, 3.63) is 47.8 Å². The van der Waals surface area contributed by atoms with Crippen LogP contribution in [-0.4, -0.2) is 43.6 Å².